The third-order valence-electron chi connectivity index (χ3n) is 2.63. The van der Waals surface area contributed by atoms with Gasteiger partial charge in [-0.2, -0.15) is 11.8 Å². The van der Waals surface area contributed by atoms with E-state index in [1.165, 1.54) is 16.7 Å². The molecule has 0 aliphatic carbocycles. The number of carbonyl (C=O) groups is 2. The molecule has 5 heteroatoms. The van der Waals surface area contributed by atoms with E-state index in [2.05, 4.69) is 0 Å². The zero-order valence-electron chi connectivity index (χ0n) is 8.94. The Bertz CT molecular complexity index is 245. The topological polar surface area (TPSA) is 57.6 Å². The molecule has 1 atom stereocenters. The maximum Gasteiger partial charge on any atom is 0.326 e. The lowest BCUT2D eigenvalue weighted by atomic mass is 10.1. The average Bonchev–Trinajstić information content (AvgIpc) is 2.42. The fourth-order valence-electron chi connectivity index (χ4n) is 1.87. The van der Waals surface area contributed by atoms with Crippen LogP contribution in [0.25, 0.3) is 0 Å². The number of likely N-dealkylation sites (tertiary alicyclic amines) is 1. The number of carboxylic acids is 1. The Morgan fingerprint density at radius 1 is 1.40 bits per heavy atom. The lowest BCUT2D eigenvalue weighted by Gasteiger charge is -2.26. The van der Waals surface area contributed by atoms with Gasteiger partial charge in [0, 0.05) is 6.54 Å². The van der Waals surface area contributed by atoms with Crippen molar-refractivity contribution in [3.05, 3.63) is 0 Å². The molecule has 1 saturated heterocycles. The lowest BCUT2D eigenvalue weighted by Crippen LogP contribution is -2.45. The number of hydrogen-bond acceptors (Lipinski definition) is 3. The fourth-order valence-corrected chi connectivity index (χ4v) is 2.28. The molecule has 1 unspecified atom stereocenters. The number of aliphatic carboxylic acids is 1. The monoisotopic (exact) mass is 231 g/mol. The molecule has 15 heavy (non-hydrogen) atoms. The molecular formula is C10H17NO3S. The Kier molecular flexibility index (Phi) is 4.94. The third-order valence-corrected chi connectivity index (χ3v) is 3.16. The molecule has 1 N–H and O–H groups in total. The highest BCUT2D eigenvalue weighted by Gasteiger charge is 2.29. The minimum Gasteiger partial charge on any atom is -0.480 e. The Labute approximate surface area is 94.0 Å². The predicted octanol–water partition coefficient (Wildman–Crippen LogP) is 1.21. The maximum atomic E-state index is 11.7. The van der Waals surface area contributed by atoms with Gasteiger partial charge in [-0.1, -0.05) is 12.8 Å². The van der Waals surface area contributed by atoms with Crippen molar-refractivity contribution in [2.45, 2.75) is 31.7 Å². The molecule has 0 saturated carbocycles. The van der Waals surface area contributed by atoms with Crippen molar-refractivity contribution in [1.82, 2.24) is 4.90 Å². The fraction of sp³-hybridized carbons (Fsp3) is 0.800. The van der Waals surface area contributed by atoms with Crippen LogP contribution in [0.4, 0.5) is 0 Å². The SMILES string of the molecule is CSCC(=O)N1CCCCCC1C(=O)O. The van der Waals surface area contributed by atoms with Gasteiger partial charge in [0.1, 0.15) is 6.04 Å². The van der Waals surface area contributed by atoms with Crippen LogP contribution in [0.1, 0.15) is 25.7 Å². The normalized spacial score (nSPS) is 22.2. The minimum atomic E-state index is -0.869. The Morgan fingerprint density at radius 2 is 2.13 bits per heavy atom. The van der Waals surface area contributed by atoms with E-state index in [9.17, 15) is 9.59 Å². The second-order valence-electron chi connectivity index (χ2n) is 3.72. The van der Waals surface area contributed by atoms with Crippen LogP contribution in [0.3, 0.4) is 0 Å². The van der Waals surface area contributed by atoms with Gasteiger partial charge in [0.15, 0.2) is 0 Å². The summed E-state index contributed by atoms with van der Waals surface area (Å²) in [5.74, 6) is -0.535. The maximum absolute atomic E-state index is 11.7. The summed E-state index contributed by atoms with van der Waals surface area (Å²) >= 11 is 1.44. The van der Waals surface area contributed by atoms with Crippen molar-refractivity contribution < 1.29 is 14.7 Å². The van der Waals surface area contributed by atoms with Crippen molar-refractivity contribution in [3.8, 4) is 0 Å². The van der Waals surface area contributed by atoms with E-state index in [1.807, 2.05) is 6.26 Å². The molecular weight excluding hydrogens is 214 g/mol. The number of amides is 1. The molecule has 4 nitrogen and oxygen atoms in total. The molecule has 0 radical (unpaired) electrons. The van der Waals surface area contributed by atoms with E-state index >= 15 is 0 Å². The molecule has 1 rings (SSSR count). The van der Waals surface area contributed by atoms with Gasteiger partial charge in [-0.15, -0.1) is 0 Å². The first kappa shape index (κ1) is 12.4. The molecule has 1 fully saturated rings. The van der Waals surface area contributed by atoms with Crippen LogP contribution in [0.5, 0.6) is 0 Å². The van der Waals surface area contributed by atoms with Crippen LogP contribution in [0.15, 0.2) is 0 Å². The first-order valence-electron chi connectivity index (χ1n) is 5.18. The van der Waals surface area contributed by atoms with Crippen molar-refractivity contribution >= 4 is 23.6 Å². The summed E-state index contributed by atoms with van der Waals surface area (Å²) in [6.45, 7) is 0.594. The highest BCUT2D eigenvalue weighted by Crippen LogP contribution is 2.18. The Hall–Kier alpha value is -0.710. The van der Waals surface area contributed by atoms with Gasteiger partial charge in [-0.3, -0.25) is 4.79 Å². The van der Waals surface area contributed by atoms with Crippen LogP contribution < -0.4 is 0 Å². The van der Waals surface area contributed by atoms with Crippen molar-refractivity contribution in [3.63, 3.8) is 0 Å². The third kappa shape index (κ3) is 3.41. The largest absolute Gasteiger partial charge is 0.480 e. The molecule has 86 valence electrons. The highest BCUT2D eigenvalue weighted by atomic mass is 32.2. The second kappa shape index (κ2) is 6.00. The number of rotatable bonds is 3. The molecule has 0 aromatic rings. The average molecular weight is 231 g/mol. The summed E-state index contributed by atoms with van der Waals surface area (Å²) in [6.07, 6.45) is 5.29. The standard InChI is InChI=1S/C10H17NO3S/c1-15-7-9(12)11-6-4-2-3-5-8(11)10(13)14/h8H,2-7H2,1H3,(H,13,14). The van der Waals surface area contributed by atoms with E-state index in [-0.39, 0.29) is 5.91 Å². The zero-order chi connectivity index (χ0) is 11.3. The second-order valence-corrected chi connectivity index (χ2v) is 4.59. The number of carboxylic acid groups (broad SMARTS) is 1. The summed E-state index contributed by atoms with van der Waals surface area (Å²) in [4.78, 5) is 24.3. The van der Waals surface area contributed by atoms with Crippen molar-refractivity contribution in [2.75, 3.05) is 18.6 Å². The number of carbonyl (C=O) groups excluding carboxylic acids is 1. The molecule has 0 bridgehead atoms. The van der Waals surface area contributed by atoms with Gasteiger partial charge in [0.25, 0.3) is 0 Å². The van der Waals surface area contributed by atoms with Crippen LogP contribution in [-0.4, -0.2) is 46.5 Å². The zero-order valence-corrected chi connectivity index (χ0v) is 9.76. The van der Waals surface area contributed by atoms with Crippen molar-refractivity contribution in [2.24, 2.45) is 0 Å². The summed E-state index contributed by atoms with van der Waals surface area (Å²) in [5.41, 5.74) is 0. The van der Waals surface area contributed by atoms with E-state index in [0.29, 0.717) is 18.7 Å². The van der Waals surface area contributed by atoms with Gasteiger partial charge in [-0.25, -0.2) is 4.79 Å². The molecule has 0 spiro atoms. The van der Waals surface area contributed by atoms with E-state index in [4.69, 9.17) is 5.11 Å². The Morgan fingerprint density at radius 3 is 2.73 bits per heavy atom. The molecule has 0 aromatic carbocycles. The number of nitrogens with zero attached hydrogens (tertiary/aromatic N) is 1. The minimum absolute atomic E-state index is 0.0446. The van der Waals surface area contributed by atoms with Gasteiger partial charge in [0.05, 0.1) is 5.75 Å². The smallest absolute Gasteiger partial charge is 0.326 e. The van der Waals surface area contributed by atoms with E-state index in [0.717, 1.165) is 19.3 Å². The summed E-state index contributed by atoms with van der Waals surface area (Å²) in [6, 6.07) is -0.604. The first-order valence-corrected chi connectivity index (χ1v) is 6.57. The summed E-state index contributed by atoms with van der Waals surface area (Å²) in [7, 11) is 0. The molecule has 1 amide bonds. The lowest BCUT2D eigenvalue weighted by molar-refractivity contribution is -0.149. The van der Waals surface area contributed by atoms with Gasteiger partial charge in [-0.05, 0) is 19.1 Å². The molecule has 1 aliphatic rings. The molecule has 1 aliphatic heterocycles. The number of hydrogen-bond donors (Lipinski definition) is 1. The van der Waals surface area contributed by atoms with Crippen LogP contribution in [0, 0.1) is 0 Å². The van der Waals surface area contributed by atoms with Crippen LogP contribution in [-0.2, 0) is 9.59 Å². The van der Waals surface area contributed by atoms with E-state index < -0.39 is 12.0 Å². The summed E-state index contributed by atoms with van der Waals surface area (Å²) < 4.78 is 0. The van der Waals surface area contributed by atoms with Gasteiger partial charge < -0.3 is 10.0 Å². The number of thioether (sulfide) groups is 1. The van der Waals surface area contributed by atoms with Gasteiger partial charge in [0.2, 0.25) is 5.91 Å². The van der Waals surface area contributed by atoms with Crippen LogP contribution in [0.2, 0.25) is 0 Å². The summed E-state index contributed by atoms with van der Waals surface area (Å²) in [5, 5.41) is 9.05. The van der Waals surface area contributed by atoms with Gasteiger partial charge >= 0.3 is 5.97 Å². The van der Waals surface area contributed by atoms with Crippen molar-refractivity contribution in [1.29, 1.82) is 0 Å². The molecule has 1 heterocycles. The predicted molar refractivity (Wildman–Crippen MR) is 60.0 cm³/mol. The Balaban J connectivity index is 2.69. The van der Waals surface area contributed by atoms with E-state index in [1.54, 1.807) is 0 Å². The molecule has 0 aromatic heterocycles. The highest BCUT2D eigenvalue weighted by molar-refractivity contribution is 7.99. The first-order chi connectivity index (χ1) is 7.16. The quantitative estimate of drug-likeness (QED) is 0.793. The van der Waals surface area contributed by atoms with Crippen LogP contribution >= 0.6 is 11.8 Å².